The third-order valence-corrected chi connectivity index (χ3v) is 9.35. The number of carbonyl (C=O) groups excluding carboxylic acids is 3. The second-order valence-corrected chi connectivity index (χ2v) is 15.0. The van der Waals surface area contributed by atoms with Crippen LogP contribution in [-0.2, 0) is 28.6 Å². The smallest absolute Gasteiger partial charge is 0.306 e. The zero-order valence-electron chi connectivity index (χ0n) is 37.7. The predicted octanol–water partition coefficient (Wildman–Crippen LogP) is 15.2. The first-order valence-electron chi connectivity index (χ1n) is 23.4. The molecule has 0 rings (SSSR count). The van der Waals surface area contributed by atoms with Crippen LogP contribution in [0.15, 0.2) is 109 Å². The van der Waals surface area contributed by atoms with Crippen LogP contribution in [0, 0.1) is 0 Å². The van der Waals surface area contributed by atoms with Crippen LogP contribution in [0.5, 0.6) is 0 Å². The van der Waals surface area contributed by atoms with Gasteiger partial charge in [0.2, 0.25) is 0 Å². The van der Waals surface area contributed by atoms with Gasteiger partial charge < -0.3 is 14.2 Å². The zero-order chi connectivity index (χ0) is 43.0. The summed E-state index contributed by atoms with van der Waals surface area (Å²) in [5, 5.41) is 0. The molecule has 0 saturated carbocycles. The van der Waals surface area contributed by atoms with Gasteiger partial charge in [0.15, 0.2) is 6.10 Å². The van der Waals surface area contributed by atoms with Crippen molar-refractivity contribution in [2.75, 3.05) is 13.2 Å². The third-order valence-electron chi connectivity index (χ3n) is 9.35. The minimum atomic E-state index is -0.808. The van der Waals surface area contributed by atoms with Crippen molar-refractivity contribution < 1.29 is 28.6 Å². The molecule has 332 valence electrons. The second-order valence-electron chi connectivity index (χ2n) is 15.0. The highest BCUT2D eigenvalue weighted by Gasteiger charge is 2.19. The molecule has 0 aliphatic heterocycles. The van der Waals surface area contributed by atoms with E-state index in [2.05, 4.69) is 106 Å². The summed E-state index contributed by atoms with van der Waals surface area (Å²) < 4.78 is 16.7. The summed E-state index contributed by atoms with van der Waals surface area (Å²) in [6.07, 6.45) is 62.1. The molecule has 1 unspecified atom stereocenters. The van der Waals surface area contributed by atoms with E-state index in [-0.39, 0.29) is 31.1 Å². The standard InChI is InChI=1S/C53H84O6/c1-4-7-10-13-16-19-22-25-27-29-31-34-37-40-43-46-52(55)58-49-50(48-57-51(54)45-42-39-36-33-30-24-21-18-15-12-9-6-3)59-53(56)47-44-41-38-35-32-28-26-23-20-17-14-11-8-5-2/h7-13,16-22,25,27,30,33,50H,4-6,14-15,23-24,26,28-29,31-32,34-49H2,1-3H3/b10-7-,11-8-,12-9-,16-13-,20-17-,21-18-,22-19-,27-25-,33-30-. The molecule has 0 fully saturated rings. The summed E-state index contributed by atoms with van der Waals surface area (Å²) in [5.74, 6) is -0.989. The fourth-order valence-electron chi connectivity index (χ4n) is 5.91. The Morgan fingerprint density at radius 1 is 0.356 bits per heavy atom. The Balaban J connectivity index is 4.51. The number of hydrogen-bond acceptors (Lipinski definition) is 6. The van der Waals surface area contributed by atoms with Crippen LogP contribution < -0.4 is 0 Å². The van der Waals surface area contributed by atoms with Gasteiger partial charge in [0.05, 0.1) is 0 Å². The third kappa shape index (κ3) is 45.0. The van der Waals surface area contributed by atoms with E-state index in [1.165, 1.54) is 25.7 Å². The van der Waals surface area contributed by atoms with Crippen molar-refractivity contribution >= 4 is 17.9 Å². The van der Waals surface area contributed by atoms with Crippen molar-refractivity contribution in [2.24, 2.45) is 0 Å². The largest absolute Gasteiger partial charge is 0.462 e. The summed E-state index contributed by atoms with van der Waals surface area (Å²) in [4.78, 5) is 37.8. The van der Waals surface area contributed by atoms with Gasteiger partial charge in [-0.1, -0.05) is 182 Å². The van der Waals surface area contributed by atoms with Crippen molar-refractivity contribution in [1.29, 1.82) is 0 Å². The molecule has 1 atom stereocenters. The van der Waals surface area contributed by atoms with Gasteiger partial charge in [-0.2, -0.15) is 0 Å². The number of ether oxygens (including phenoxy) is 3. The molecule has 0 spiro atoms. The molecule has 6 nitrogen and oxygen atoms in total. The van der Waals surface area contributed by atoms with Crippen molar-refractivity contribution in [1.82, 2.24) is 0 Å². The topological polar surface area (TPSA) is 78.9 Å². The molecule has 0 aromatic carbocycles. The van der Waals surface area contributed by atoms with Crippen LogP contribution >= 0.6 is 0 Å². The fourth-order valence-corrected chi connectivity index (χ4v) is 5.91. The Hall–Kier alpha value is -3.93. The predicted molar refractivity (Wildman–Crippen MR) is 251 cm³/mol. The summed E-state index contributed by atoms with van der Waals surface area (Å²) >= 11 is 0. The maximum absolute atomic E-state index is 12.7. The molecule has 59 heavy (non-hydrogen) atoms. The summed E-state index contributed by atoms with van der Waals surface area (Å²) in [6.45, 7) is 6.19. The van der Waals surface area contributed by atoms with Gasteiger partial charge in [-0.15, -0.1) is 0 Å². The maximum atomic E-state index is 12.7. The van der Waals surface area contributed by atoms with Crippen molar-refractivity contribution in [3.63, 3.8) is 0 Å². The van der Waals surface area contributed by atoms with E-state index in [0.717, 1.165) is 122 Å². The SMILES string of the molecule is CC\C=C/C=C\C=C/C=C\CCCCCCCC(=O)OCC(COC(=O)CCCC/C=C\C/C=C\C/C=C\CC)OC(=O)CCCCCCCCC/C=C\C/C=C\CC. The maximum Gasteiger partial charge on any atom is 0.306 e. The first-order valence-corrected chi connectivity index (χ1v) is 23.4. The summed E-state index contributed by atoms with van der Waals surface area (Å²) in [7, 11) is 0. The molecule has 0 radical (unpaired) electrons. The Morgan fingerprint density at radius 3 is 1.19 bits per heavy atom. The highest BCUT2D eigenvalue weighted by molar-refractivity contribution is 5.71. The van der Waals surface area contributed by atoms with E-state index in [1.54, 1.807) is 0 Å². The fraction of sp³-hybridized carbons (Fsp3) is 0.604. The zero-order valence-corrected chi connectivity index (χ0v) is 37.7. The second kappa shape index (κ2) is 46.8. The van der Waals surface area contributed by atoms with E-state index in [9.17, 15) is 14.4 Å². The number of carbonyl (C=O) groups is 3. The molecule has 0 aromatic rings. The first kappa shape index (κ1) is 55.1. The molecule has 0 aliphatic carbocycles. The Bertz CT molecular complexity index is 1260. The molecule has 0 heterocycles. The lowest BCUT2D eigenvalue weighted by atomic mass is 10.1. The lowest BCUT2D eigenvalue weighted by Gasteiger charge is -2.18. The highest BCUT2D eigenvalue weighted by Crippen LogP contribution is 2.13. The van der Waals surface area contributed by atoms with E-state index in [1.807, 2.05) is 24.3 Å². The van der Waals surface area contributed by atoms with Gasteiger partial charge in [-0.25, -0.2) is 0 Å². The van der Waals surface area contributed by atoms with Gasteiger partial charge in [-0.05, 0) is 96.3 Å². The molecule has 0 N–H and O–H groups in total. The van der Waals surface area contributed by atoms with Crippen molar-refractivity contribution in [3.8, 4) is 0 Å². The lowest BCUT2D eigenvalue weighted by molar-refractivity contribution is -0.167. The monoisotopic (exact) mass is 817 g/mol. The number of hydrogen-bond donors (Lipinski definition) is 0. The van der Waals surface area contributed by atoms with Gasteiger partial charge in [-0.3, -0.25) is 14.4 Å². The van der Waals surface area contributed by atoms with Crippen LogP contribution in [0.2, 0.25) is 0 Å². The van der Waals surface area contributed by atoms with Crippen LogP contribution in [0.1, 0.15) is 188 Å². The Morgan fingerprint density at radius 2 is 0.695 bits per heavy atom. The van der Waals surface area contributed by atoms with E-state index in [4.69, 9.17) is 14.2 Å². The molecule has 0 aromatic heterocycles. The van der Waals surface area contributed by atoms with E-state index < -0.39 is 6.10 Å². The van der Waals surface area contributed by atoms with Crippen molar-refractivity contribution in [3.05, 3.63) is 109 Å². The molecule has 0 amide bonds. The van der Waals surface area contributed by atoms with Crippen LogP contribution in [0.3, 0.4) is 0 Å². The average molecular weight is 817 g/mol. The Labute approximate surface area is 361 Å². The molecule has 6 heteroatoms. The van der Waals surface area contributed by atoms with Crippen LogP contribution in [0.4, 0.5) is 0 Å². The molecule has 0 saturated heterocycles. The first-order chi connectivity index (χ1) is 29.0. The van der Waals surface area contributed by atoms with Gasteiger partial charge in [0, 0.05) is 19.3 Å². The minimum Gasteiger partial charge on any atom is -0.462 e. The molecule has 0 aliphatic rings. The average Bonchev–Trinajstić information content (AvgIpc) is 3.23. The summed E-state index contributed by atoms with van der Waals surface area (Å²) in [6, 6.07) is 0. The van der Waals surface area contributed by atoms with Crippen molar-refractivity contribution in [2.45, 2.75) is 194 Å². The number of esters is 3. The normalized spacial score (nSPS) is 13.1. The van der Waals surface area contributed by atoms with E-state index >= 15 is 0 Å². The molecular weight excluding hydrogens is 733 g/mol. The molecular formula is C53H84O6. The van der Waals surface area contributed by atoms with Crippen LogP contribution in [-0.4, -0.2) is 37.2 Å². The number of allylic oxidation sites excluding steroid dienone is 18. The summed E-state index contributed by atoms with van der Waals surface area (Å²) in [5.41, 5.74) is 0. The highest BCUT2D eigenvalue weighted by atomic mass is 16.6. The van der Waals surface area contributed by atoms with Crippen LogP contribution in [0.25, 0.3) is 0 Å². The minimum absolute atomic E-state index is 0.109. The van der Waals surface area contributed by atoms with Gasteiger partial charge >= 0.3 is 17.9 Å². The van der Waals surface area contributed by atoms with Gasteiger partial charge in [0.25, 0.3) is 0 Å². The number of unbranched alkanes of at least 4 members (excludes halogenated alkanes) is 14. The Kier molecular flexibility index (Phi) is 43.6. The quantitative estimate of drug-likeness (QED) is 0.0201. The van der Waals surface area contributed by atoms with E-state index in [0.29, 0.717) is 19.3 Å². The molecule has 0 bridgehead atoms. The lowest BCUT2D eigenvalue weighted by Crippen LogP contribution is -2.30. The number of rotatable bonds is 40. The van der Waals surface area contributed by atoms with Gasteiger partial charge in [0.1, 0.15) is 13.2 Å².